The third-order valence-corrected chi connectivity index (χ3v) is 9.44. The second-order valence-corrected chi connectivity index (χ2v) is 13.3. The van der Waals surface area contributed by atoms with Gasteiger partial charge in [-0.15, -0.1) is 0 Å². The molecule has 4 aromatic rings. The van der Waals surface area contributed by atoms with Gasteiger partial charge in [0, 0.05) is 108 Å². The molecule has 55 heavy (non-hydrogen) atoms. The Morgan fingerprint density at radius 1 is 0.727 bits per heavy atom. The van der Waals surface area contributed by atoms with Crippen LogP contribution in [-0.4, -0.2) is 171 Å². The lowest BCUT2D eigenvalue weighted by Crippen LogP contribution is -2.47. The van der Waals surface area contributed by atoms with E-state index >= 15 is 0 Å². The average Bonchev–Trinajstić information content (AvgIpc) is 3.78. The van der Waals surface area contributed by atoms with Crippen molar-refractivity contribution in [3.05, 3.63) is 54.3 Å². The fourth-order valence-electron chi connectivity index (χ4n) is 6.07. The highest BCUT2D eigenvalue weighted by Crippen LogP contribution is 2.06. The van der Waals surface area contributed by atoms with Crippen LogP contribution in [0.15, 0.2) is 31.8 Å². The molecule has 2 saturated heterocycles. The number of fused-ring (bicyclic) bond motifs is 2. The fourth-order valence-corrected chi connectivity index (χ4v) is 6.07. The molecule has 0 aliphatic carbocycles. The van der Waals surface area contributed by atoms with Crippen molar-refractivity contribution in [2.75, 3.05) is 97.5 Å². The molecule has 0 spiro atoms. The van der Waals surface area contributed by atoms with Crippen LogP contribution in [-0.2, 0) is 50.9 Å². The van der Waals surface area contributed by atoms with Gasteiger partial charge in [-0.2, -0.15) is 0 Å². The summed E-state index contributed by atoms with van der Waals surface area (Å²) in [5.74, 6) is -1.27. The molecule has 0 unspecified atom stereocenters. The summed E-state index contributed by atoms with van der Waals surface area (Å²) in [7, 11) is 10.0. The van der Waals surface area contributed by atoms with Crippen LogP contribution in [0.2, 0.25) is 0 Å². The Morgan fingerprint density at radius 3 is 1.53 bits per heavy atom. The Balaban J connectivity index is 0.000000239. The number of carbonyl (C=O) groups excluding carboxylic acids is 1. The van der Waals surface area contributed by atoms with Crippen molar-refractivity contribution in [1.82, 2.24) is 62.3 Å². The van der Waals surface area contributed by atoms with Gasteiger partial charge in [0.25, 0.3) is 11.1 Å². The number of alkyl halides is 1. The molecule has 0 saturated carbocycles. The molecule has 4 N–H and O–H groups in total. The van der Waals surface area contributed by atoms with Crippen LogP contribution in [0, 0.1) is 0 Å². The van der Waals surface area contributed by atoms with E-state index in [1.807, 2.05) is 22.6 Å². The number of rotatable bonds is 9. The van der Waals surface area contributed by atoms with Crippen molar-refractivity contribution in [3.63, 3.8) is 0 Å². The Morgan fingerprint density at radius 2 is 1.13 bits per heavy atom. The number of nitrogens with zero attached hydrogens (tertiary/aromatic N) is 12. The lowest BCUT2D eigenvalue weighted by atomic mass is 10.3. The highest BCUT2D eigenvalue weighted by molar-refractivity contribution is 14.1. The Hall–Kier alpha value is -4.23. The Labute approximate surface area is 333 Å². The zero-order valence-corrected chi connectivity index (χ0v) is 34.6. The van der Waals surface area contributed by atoms with E-state index in [1.54, 1.807) is 7.05 Å². The number of aryl methyl sites for hydroxylation is 2. The summed E-state index contributed by atoms with van der Waals surface area (Å²) in [4.78, 5) is 88.5. The Bertz CT molecular complexity index is 2160. The van der Waals surface area contributed by atoms with Crippen molar-refractivity contribution >= 4 is 56.8 Å². The monoisotopic (exact) mass is 887 g/mol. The number of piperazine rings is 2. The van der Waals surface area contributed by atoms with Crippen LogP contribution in [0.1, 0.15) is 1.37 Å². The molecule has 4 aromatic heterocycles. The van der Waals surface area contributed by atoms with Crippen LogP contribution in [0.3, 0.4) is 0 Å². The second-order valence-electron chi connectivity index (χ2n) is 13.3. The zero-order chi connectivity index (χ0) is 41.7. The molecule has 6 rings (SSSR count). The van der Waals surface area contributed by atoms with E-state index in [4.69, 9.17) is 12.2 Å². The maximum absolute atomic E-state index is 12.4. The first-order valence-corrected chi connectivity index (χ1v) is 19.2. The lowest BCUT2D eigenvalue weighted by molar-refractivity contribution is -0.137. The van der Waals surface area contributed by atoms with Crippen molar-refractivity contribution in [1.29, 1.82) is 0 Å². The molecule has 0 atom stereocenters. The summed E-state index contributed by atoms with van der Waals surface area (Å²) in [6, 6.07) is 0. The molecule has 306 valence electrons. The largest absolute Gasteiger partial charge is 0.480 e. The molecule has 2 fully saturated rings. The van der Waals surface area contributed by atoms with Gasteiger partial charge in [-0.25, -0.2) is 19.6 Å². The molecule has 0 bridgehead atoms. The van der Waals surface area contributed by atoms with Gasteiger partial charge in [0.15, 0.2) is 22.3 Å². The first-order chi connectivity index (χ1) is 26.6. The van der Waals surface area contributed by atoms with Crippen LogP contribution < -0.4 is 33.5 Å². The van der Waals surface area contributed by atoms with Gasteiger partial charge in [0.1, 0.15) is 13.1 Å². The van der Waals surface area contributed by atoms with E-state index in [0.29, 0.717) is 11.5 Å². The van der Waals surface area contributed by atoms with E-state index < -0.39 is 28.5 Å². The van der Waals surface area contributed by atoms with Crippen molar-refractivity contribution < 1.29 is 16.1 Å². The van der Waals surface area contributed by atoms with Gasteiger partial charge in [-0.1, -0.05) is 22.6 Å². The maximum Gasteiger partial charge on any atom is 0.332 e. The van der Waals surface area contributed by atoms with Gasteiger partial charge in [-0.3, -0.25) is 47.2 Å². The standard InChI is InChI=1S/C16H25N7O3.C9H10N4O4.C7H17N3.CH3I/c1-19-6-8-22(9-7-19)5-4-17-12(24)10-23-11-18-14-13(23)15(25)21(3)16(26)20(14)2;1-11-7-6(8(16)12(2)9(11)17)13(4-10-7)3-5(14)15;1-9-4-6-10(3-2-8)7-5-9;1-2/h11H,4-10H2,1-3H3,(H,17,24);4H,3H2,1-2H3,(H,14,15);2-8H2,1H3;1H3/i;;;1D. The quantitative estimate of drug-likeness (QED) is 0.110. The first-order valence-electron chi connectivity index (χ1n) is 18.3. The maximum atomic E-state index is 12.4. The number of carbonyl (C=O) groups is 2. The minimum atomic E-state index is -1.08. The predicted octanol–water partition coefficient (Wildman–Crippen LogP) is -3.44. The molecular formula is C33H55IN14O7. The van der Waals surface area contributed by atoms with Gasteiger partial charge in [-0.05, 0) is 19.0 Å². The van der Waals surface area contributed by atoms with Crippen LogP contribution in [0.25, 0.3) is 22.3 Å². The van der Waals surface area contributed by atoms with E-state index in [1.165, 1.54) is 78.2 Å². The number of aromatic nitrogens is 8. The predicted molar refractivity (Wildman–Crippen MR) is 218 cm³/mol. The number of hydrogen-bond donors (Lipinski definition) is 3. The van der Waals surface area contributed by atoms with Gasteiger partial charge < -0.3 is 35.1 Å². The first kappa shape index (κ1) is 43.5. The lowest BCUT2D eigenvalue weighted by Gasteiger charge is -2.32. The summed E-state index contributed by atoms with van der Waals surface area (Å²) in [6.07, 6.45) is 2.66. The molecule has 22 heteroatoms. The number of aliphatic carboxylic acids is 1. The smallest absolute Gasteiger partial charge is 0.332 e. The van der Waals surface area contributed by atoms with E-state index in [0.717, 1.165) is 54.9 Å². The number of carboxylic acid groups (broad SMARTS) is 1. The van der Waals surface area contributed by atoms with E-state index in [9.17, 15) is 28.8 Å². The Kier molecular flexibility index (Phi) is 16.7. The molecular weight excluding hydrogens is 831 g/mol. The average molecular weight is 888 g/mol. The minimum absolute atomic E-state index is 0.00726. The van der Waals surface area contributed by atoms with Crippen molar-refractivity contribution in [2.45, 2.75) is 13.1 Å². The molecule has 21 nitrogen and oxygen atoms in total. The number of carboxylic acids is 1. The number of amides is 1. The van der Waals surface area contributed by atoms with Crippen LogP contribution in [0.4, 0.5) is 0 Å². The third-order valence-electron chi connectivity index (χ3n) is 9.44. The van der Waals surface area contributed by atoms with Gasteiger partial charge in [0.05, 0.1) is 12.7 Å². The fraction of sp³-hybridized carbons (Fsp3) is 0.636. The molecule has 0 aromatic carbocycles. The highest BCUT2D eigenvalue weighted by Gasteiger charge is 2.18. The minimum Gasteiger partial charge on any atom is -0.480 e. The number of nitrogens with two attached hydrogens (primary N) is 1. The van der Waals surface area contributed by atoms with Gasteiger partial charge >= 0.3 is 17.3 Å². The van der Waals surface area contributed by atoms with Crippen LogP contribution >= 0.6 is 22.6 Å². The van der Waals surface area contributed by atoms with Crippen molar-refractivity contribution in [3.8, 4) is 0 Å². The van der Waals surface area contributed by atoms with Crippen molar-refractivity contribution in [2.24, 2.45) is 33.9 Å². The number of halogens is 1. The van der Waals surface area contributed by atoms with Crippen LogP contribution in [0.5, 0.6) is 0 Å². The van der Waals surface area contributed by atoms with E-state index in [-0.39, 0.29) is 41.3 Å². The summed E-state index contributed by atoms with van der Waals surface area (Å²) >= 11 is 1.96. The molecule has 1 amide bonds. The summed E-state index contributed by atoms with van der Waals surface area (Å²) in [5.41, 5.74) is 4.32. The number of nitrogens with one attached hydrogen (secondary N) is 1. The summed E-state index contributed by atoms with van der Waals surface area (Å²) < 4.78 is 13.3. The molecule has 2 aliphatic heterocycles. The summed E-state index contributed by atoms with van der Waals surface area (Å²) in [5, 5.41) is 11.6. The molecule has 6 heterocycles. The van der Waals surface area contributed by atoms with E-state index in [2.05, 4.69) is 49.0 Å². The molecule has 0 radical (unpaired) electrons. The topological polar surface area (TPSA) is 229 Å². The summed E-state index contributed by atoms with van der Waals surface area (Å²) in [6.45, 7) is 11.7. The SMILES string of the molecule is CN1CCN(CCN)CC1.CN1CCN(CCNC(=O)Cn2cnc3c2c(=O)n(C)c(=O)n3C)CC1.Cn1c(=O)c2c(ncn2CC(=O)O)n(C)c1=O.[2H]CI. The number of imidazole rings is 2. The zero-order valence-electron chi connectivity index (χ0n) is 33.5. The number of hydrogen-bond acceptors (Lipinski definition) is 13. The van der Waals surface area contributed by atoms with Gasteiger partial charge in [0.2, 0.25) is 5.91 Å². The highest BCUT2D eigenvalue weighted by atomic mass is 127. The third kappa shape index (κ3) is 11.6. The normalized spacial score (nSPS) is 15.7. The second kappa shape index (κ2) is 21.2. The molecule has 2 aliphatic rings. The number of likely N-dealkylation sites (N-methyl/N-ethyl adjacent to an activating group) is 2.